The van der Waals surface area contributed by atoms with Crippen molar-refractivity contribution in [2.24, 2.45) is 0 Å². The van der Waals surface area contributed by atoms with Crippen LogP contribution in [-0.4, -0.2) is 44.6 Å². The molecule has 0 bridgehead atoms. The Labute approximate surface area is 107 Å². The van der Waals surface area contributed by atoms with Crippen LogP contribution >= 0.6 is 0 Å². The molecule has 0 aromatic rings. The molecule has 1 rings (SSSR count). The van der Waals surface area contributed by atoms with Crippen LogP contribution in [0.2, 0.25) is 0 Å². The zero-order valence-electron chi connectivity index (χ0n) is 11.0. The third kappa shape index (κ3) is 20.3. The molecule has 108 valence electrons. The molecule has 6 nitrogen and oxygen atoms in total. The van der Waals surface area contributed by atoms with Gasteiger partial charge < -0.3 is 20.4 Å². The van der Waals surface area contributed by atoms with Gasteiger partial charge in [0.2, 0.25) is 0 Å². The zero-order chi connectivity index (χ0) is 14.6. The van der Waals surface area contributed by atoms with Crippen molar-refractivity contribution < 1.29 is 30.0 Å². The molecule has 0 amide bonds. The number of hydrogen-bond donors (Lipinski definition) is 4. The van der Waals surface area contributed by atoms with Crippen molar-refractivity contribution in [1.29, 1.82) is 0 Å². The van der Waals surface area contributed by atoms with Crippen LogP contribution in [0.25, 0.3) is 0 Å². The van der Waals surface area contributed by atoms with Crippen LogP contribution in [-0.2, 0) is 9.59 Å². The van der Waals surface area contributed by atoms with E-state index in [9.17, 15) is 10.2 Å². The van der Waals surface area contributed by atoms with Crippen LogP contribution in [0, 0.1) is 0 Å². The third-order valence-electron chi connectivity index (χ3n) is 2.19. The fourth-order valence-electron chi connectivity index (χ4n) is 1.45. The number of hydrogen-bond acceptors (Lipinski definition) is 4. The van der Waals surface area contributed by atoms with Crippen LogP contribution in [0.3, 0.4) is 0 Å². The van der Waals surface area contributed by atoms with Crippen molar-refractivity contribution in [3.05, 3.63) is 0 Å². The van der Waals surface area contributed by atoms with Crippen molar-refractivity contribution in [3.63, 3.8) is 0 Å². The van der Waals surface area contributed by atoms with Gasteiger partial charge in [-0.05, 0) is 12.8 Å². The summed E-state index contributed by atoms with van der Waals surface area (Å²) < 4.78 is 0. The highest BCUT2D eigenvalue weighted by molar-refractivity contribution is 5.63. The number of carbonyl (C=O) groups is 2. The van der Waals surface area contributed by atoms with E-state index in [4.69, 9.17) is 19.8 Å². The fraction of sp³-hybridized carbons (Fsp3) is 0.833. The first-order valence-electron chi connectivity index (χ1n) is 6.02. The molecule has 6 heteroatoms. The molecule has 4 N–H and O–H groups in total. The number of aliphatic hydroxyl groups is 2. The Bertz CT molecular complexity index is 197. The van der Waals surface area contributed by atoms with Gasteiger partial charge in [0, 0.05) is 13.8 Å². The largest absolute Gasteiger partial charge is 0.481 e. The maximum Gasteiger partial charge on any atom is 0.300 e. The molecule has 1 aliphatic rings. The Kier molecular flexibility index (Phi) is 13.1. The number of aliphatic carboxylic acids is 2. The Morgan fingerprint density at radius 1 is 0.778 bits per heavy atom. The highest BCUT2D eigenvalue weighted by Crippen LogP contribution is 2.17. The van der Waals surface area contributed by atoms with Gasteiger partial charge in [-0.15, -0.1) is 0 Å². The monoisotopic (exact) mass is 264 g/mol. The van der Waals surface area contributed by atoms with E-state index in [1.165, 1.54) is 12.8 Å². The maximum absolute atomic E-state index is 9.23. The molecule has 0 radical (unpaired) electrons. The summed E-state index contributed by atoms with van der Waals surface area (Å²) in [6.45, 7) is 2.17. The summed E-state index contributed by atoms with van der Waals surface area (Å²) in [5.41, 5.74) is 0. The Morgan fingerprint density at radius 2 is 1.00 bits per heavy atom. The van der Waals surface area contributed by atoms with Crippen LogP contribution in [0.5, 0.6) is 0 Å². The summed E-state index contributed by atoms with van der Waals surface area (Å²) in [6.07, 6.45) is 5.20. The van der Waals surface area contributed by atoms with E-state index in [0.29, 0.717) is 0 Å². The summed E-state index contributed by atoms with van der Waals surface area (Å²) in [7, 11) is 0. The van der Waals surface area contributed by atoms with Crippen molar-refractivity contribution >= 4 is 11.9 Å². The van der Waals surface area contributed by atoms with Gasteiger partial charge in [0.05, 0.1) is 12.2 Å². The van der Waals surface area contributed by atoms with Gasteiger partial charge in [-0.3, -0.25) is 9.59 Å². The van der Waals surface area contributed by atoms with Crippen molar-refractivity contribution in [2.75, 3.05) is 0 Å². The molecule has 18 heavy (non-hydrogen) atoms. The molecule has 0 aromatic heterocycles. The van der Waals surface area contributed by atoms with Gasteiger partial charge in [0.15, 0.2) is 0 Å². The summed E-state index contributed by atoms with van der Waals surface area (Å²) in [5, 5.41) is 33.3. The third-order valence-corrected chi connectivity index (χ3v) is 2.19. The van der Waals surface area contributed by atoms with Crippen molar-refractivity contribution in [1.82, 2.24) is 0 Å². The van der Waals surface area contributed by atoms with Crippen LogP contribution in [0.1, 0.15) is 52.4 Å². The highest BCUT2D eigenvalue weighted by Gasteiger charge is 2.16. The van der Waals surface area contributed by atoms with Crippen molar-refractivity contribution in [2.45, 2.75) is 64.6 Å². The maximum atomic E-state index is 9.23. The van der Waals surface area contributed by atoms with E-state index in [1.807, 2.05) is 0 Å². The molecule has 2 atom stereocenters. The quantitative estimate of drug-likeness (QED) is 0.523. The van der Waals surface area contributed by atoms with Gasteiger partial charge in [0.1, 0.15) is 0 Å². The SMILES string of the molecule is CC(=O)O.CC(=O)O.OC1CCCCCCC1O. The van der Waals surface area contributed by atoms with Gasteiger partial charge in [-0.1, -0.05) is 25.7 Å². The molecule has 0 heterocycles. The molecule has 0 aromatic carbocycles. The normalized spacial score (nSPS) is 23.1. The van der Waals surface area contributed by atoms with E-state index in [-0.39, 0.29) is 0 Å². The average molecular weight is 264 g/mol. The van der Waals surface area contributed by atoms with E-state index >= 15 is 0 Å². The number of carboxylic acids is 2. The Morgan fingerprint density at radius 3 is 1.22 bits per heavy atom. The standard InChI is InChI=1S/C8H16O2.2C2H4O2/c9-7-5-3-1-2-4-6-8(7)10;2*1-2(3)4/h7-10H,1-6H2;2*1H3,(H,3,4). The molecule has 1 fully saturated rings. The topological polar surface area (TPSA) is 115 Å². The summed E-state index contributed by atoms with van der Waals surface area (Å²) in [4.78, 5) is 18.0. The molecular weight excluding hydrogens is 240 g/mol. The Balaban J connectivity index is 0. The van der Waals surface area contributed by atoms with Crippen LogP contribution in [0.15, 0.2) is 0 Å². The average Bonchev–Trinajstić information content (AvgIpc) is 2.18. The van der Waals surface area contributed by atoms with Crippen LogP contribution in [0.4, 0.5) is 0 Å². The first-order valence-corrected chi connectivity index (χ1v) is 6.02. The summed E-state index contributed by atoms with van der Waals surface area (Å²) >= 11 is 0. The first-order chi connectivity index (χ1) is 8.27. The van der Waals surface area contributed by atoms with E-state index in [0.717, 1.165) is 39.5 Å². The van der Waals surface area contributed by atoms with E-state index in [2.05, 4.69) is 0 Å². The molecule has 0 aliphatic heterocycles. The molecule has 0 saturated heterocycles. The number of carboxylic acid groups (broad SMARTS) is 2. The molecule has 1 aliphatic carbocycles. The van der Waals surface area contributed by atoms with Crippen LogP contribution < -0.4 is 0 Å². The smallest absolute Gasteiger partial charge is 0.300 e. The predicted molar refractivity (Wildman–Crippen MR) is 66.3 cm³/mol. The van der Waals surface area contributed by atoms with Gasteiger partial charge >= 0.3 is 0 Å². The zero-order valence-corrected chi connectivity index (χ0v) is 11.0. The van der Waals surface area contributed by atoms with Gasteiger partial charge in [0.25, 0.3) is 11.9 Å². The van der Waals surface area contributed by atoms with Gasteiger partial charge in [-0.2, -0.15) is 0 Å². The summed E-state index contributed by atoms with van der Waals surface area (Å²) in [5.74, 6) is -1.67. The fourth-order valence-corrected chi connectivity index (χ4v) is 1.45. The lowest BCUT2D eigenvalue weighted by molar-refractivity contribution is -0.135. The highest BCUT2D eigenvalue weighted by atomic mass is 16.4. The lowest BCUT2D eigenvalue weighted by atomic mass is 9.96. The van der Waals surface area contributed by atoms with Gasteiger partial charge in [-0.25, -0.2) is 0 Å². The molecule has 2 unspecified atom stereocenters. The predicted octanol–water partition coefficient (Wildman–Crippen LogP) is 1.24. The van der Waals surface area contributed by atoms with E-state index in [1.54, 1.807) is 0 Å². The Hall–Kier alpha value is -1.14. The molecule has 0 spiro atoms. The number of rotatable bonds is 0. The molecular formula is C12H24O6. The second-order valence-corrected chi connectivity index (χ2v) is 4.16. The lowest BCUT2D eigenvalue weighted by Crippen LogP contribution is -2.26. The minimum Gasteiger partial charge on any atom is -0.481 e. The van der Waals surface area contributed by atoms with Crippen molar-refractivity contribution in [3.8, 4) is 0 Å². The first kappa shape index (κ1) is 19.2. The molecule has 1 saturated carbocycles. The second-order valence-electron chi connectivity index (χ2n) is 4.16. The summed E-state index contributed by atoms with van der Waals surface area (Å²) in [6, 6.07) is 0. The number of aliphatic hydroxyl groups excluding tert-OH is 2. The minimum atomic E-state index is -0.833. The second kappa shape index (κ2) is 12.3. The lowest BCUT2D eigenvalue weighted by Gasteiger charge is -2.19. The minimum absolute atomic E-state index is 0.458. The van der Waals surface area contributed by atoms with E-state index < -0.39 is 24.1 Å².